The Morgan fingerprint density at radius 2 is 0.667 bits per heavy atom. The predicted molar refractivity (Wildman–Crippen MR) is 265 cm³/mol. The normalized spacial score (nSPS) is 11.8. The molecule has 0 aliphatic carbocycles. The van der Waals surface area contributed by atoms with Gasteiger partial charge in [-0.1, -0.05) is 48.5 Å². The Kier molecular flexibility index (Phi) is 24.3. The van der Waals surface area contributed by atoms with Crippen molar-refractivity contribution in [3.05, 3.63) is 173 Å². The molecule has 0 saturated heterocycles. The van der Waals surface area contributed by atoms with Crippen LogP contribution in [0.25, 0.3) is 0 Å². The second-order valence-electron chi connectivity index (χ2n) is 12.5. The maximum absolute atomic E-state index is 4.77. The van der Waals surface area contributed by atoms with Crippen molar-refractivity contribution in [1.29, 1.82) is 0 Å². The van der Waals surface area contributed by atoms with Crippen LogP contribution in [0.4, 0.5) is 22.7 Å². The molecule has 6 aromatic rings. The van der Waals surface area contributed by atoms with Gasteiger partial charge in [-0.2, -0.15) is 0 Å². The van der Waals surface area contributed by atoms with E-state index in [1.165, 1.54) is 11.1 Å². The molecule has 0 amide bonds. The van der Waals surface area contributed by atoms with E-state index in [2.05, 4.69) is 112 Å². The topological polar surface area (TPSA) is 75.2 Å². The molecule has 0 fully saturated rings. The fourth-order valence-electron chi connectivity index (χ4n) is 5.12. The van der Waals surface area contributed by atoms with Gasteiger partial charge in [0.1, 0.15) is 0 Å². The van der Waals surface area contributed by atoms with E-state index in [1.807, 2.05) is 125 Å². The number of nitrogens with zero attached hydrogens (tertiary/aromatic N) is 6. The summed E-state index contributed by atoms with van der Waals surface area (Å²) in [6.07, 6.45) is 0. The SMILES string of the molecule is CC(=Nc1ccc(C)cc1Br)c1cccc(C(C)=Nc2ccc(C)cc2Br)n1.CC(=Nc1ccccc1Br)c1cccc(C(C)=Nc2ccccc2Br)n1.[Cl][Fe][Cl].[Cl][Fe][Cl]. The Morgan fingerprint density at radius 3 is 0.933 bits per heavy atom. The van der Waals surface area contributed by atoms with E-state index in [1.54, 1.807) is 0 Å². The van der Waals surface area contributed by atoms with Crippen LogP contribution >= 0.6 is 104 Å². The Morgan fingerprint density at radius 1 is 0.400 bits per heavy atom. The molecule has 0 N–H and O–H groups in total. The van der Waals surface area contributed by atoms with E-state index >= 15 is 0 Å². The quantitative estimate of drug-likeness (QED) is 0.112. The van der Waals surface area contributed by atoms with Gasteiger partial charge in [0.05, 0.1) is 68.4 Å². The Labute approximate surface area is 416 Å². The molecule has 0 radical (unpaired) electrons. The monoisotopic (exact) mass is 1220 g/mol. The summed E-state index contributed by atoms with van der Waals surface area (Å²) in [5.41, 5.74) is 12.7. The summed E-state index contributed by atoms with van der Waals surface area (Å²) in [7, 11) is 19.1. The van der Waals surface area contributed by atoms with Gasteiger partial charge in [0.25, 0.3) is 0 Å². The number of rotatable bonds is 8. The number of para-hydroxylation sites is 2. The van der Waals surface area contributed by atoms with Crippen molar-refractivity contribution in [2.75, 3.05) is 0 Å². The van der Waals surface area contributed by atoms with Crippen molar-refractivity contribution in [2.24, 2.45) is 20.0 Å². The zero-order valence-electron chi connectivity index (χ0n) is 33.0. The van der Waals surface area contributed by atoms with Crippen LogP contribution in [0.1, 0.15) is 61.6 Å². The van der Waals surface area contributed by atoms with Crippen molar-refractivity contribution < 1.29 is 26.3 Å². The number of pyridine rings is 2. The van der Waals surface area contributed by atoms with Crippen LogP contribution in [-0.4, -0.2) is 32.8 Å². The van der Waals surface area contributed by atoms with Gasteiger partial charge in [-0.15, -0.1) is 0 Å². The predicted octanol–water partition coefficient (Wildman–Crippen LogP) is 17.1. The zero-order chi connectivity index (χ0) is 44.2. The molecular weight excluding hydrogens is 1190 g/mol. The third kappa shape index (κ3) is 17.6. The number of aliphatic imine (C=N–C) groups is 4. The maximum atomic E-state index is 4.77. The summed E-state index contributed by atoms with van der Waals surface area (Å²) in [6.45, 7) is 12.0. The number of aryl methyl sites for hydroxylation is 2. The molecule has 2 aromatic heterocycles. The van der Waals surface area contributed by atoms with Crippen LogP contribution in [-0.2, 0) is 26.3 Å². The average molecular weight is 1220 g/mol. The van der Waals surface area contributed by atoms with Gasteiger partial charge in [0.15, 0.2) is 0 Å². The number of hydrogen-bond donors (Lipinski definition) is 0. The van der Waals surface area contributed by atoms with Crippen LogP contribution in [0.3, 0.4) is 0 Å². The molecule has 0 aliphatic rings. The molecular formula is C44H38Br4Cl4Fe2N6. The standard InChI is InChI=1S/C23H21Br2N3.C21H17Br2N3.4ClH.2Fe/c1-14-8-10-22(18(24)12-14)26-16(3)20-6-5-7-21(28-20)17(4)27-23-11-9-15(2)13-19(23)25;1-14(24-20-10-5-3-8-16(20)22)18-12-7-13-19(26-18)15(2)25-21-11-6-4-9-17(21)23;;;;;;/h5-13H,1-4H3;3-13H,1-2H3;4*1H;;/q;;;;;;2*+2/p-4. The van der Waals surface area contributed by atoms with Gasteiger partial charge in [-0.05, 0) is 189 Å². The molecule has 6 rings (SSSR count). The molecule has 0 bridgehead atoms. The Balaban J connectivity index is 0.000000284. The van der Waals surface area contributed by atoms with Crippen molar-refractivity contribution in [1.82, 2.24) is 9.97 Å². The first-order chi connectivity index (χ1) is 28.7. The first kappa shape index (κ1) is 52.3. The summed E-state index contributed by atoms with van der Waals surface area (Å²) in [6, 6.07) is 39.9. The first-order valence-electron chi connectivity index (χ1n) is 17.6. The molecule has 2 heterocycles. The van der Waals surface area contributed by atoms with E-state index in [4.69, 9.17) is 60.3 Å². The minimum atomic E-state index is 0.194. The summed E-state index contributed by atoms with van der Waals surface area (Å²) >= 11 is 14.6. The van der Waals surface area contributed by atoms with E-state index in [-0.39, 0.29) is 26.3 Å². The molecule has 16 heteroatoms. The number of hydrogen-bond acceptors (Lipinski definition) is 6. The Bertz CT molecular complexity index is 2320. The van der Waals surface area contributed by atoms with Crippen LogP contribution in [0.5, 0.6) is 0 Å². The van der Waals surface area contributed by atoms with Gasteiger partial charge in [-0.3, -0.25) is 20.0 Å². The molecule has 0 atom stereocenters. The second kappa shape index (κ2) is 27.9. The summed E-state index contributed by atoms with van der Waals surface area (Å²) in [5.74, 6) is 0. The van der Waals surface area contributed by atoms with Crippen molar-refractivity contribution in [3.63, 3.8) is 0 Å². The summed E-state index contributed by atoms with van der Waals surface area (Å²) in [5, 5.41) is 0. The molecule has 316 valence electrons. The van der Waals surface area contributed by atoms with Crippen LogP contribution < -0.4 is 0 Å². The molecule has 0 saturated carbocycles. The minimum absolute atomic E-state index is 0.194. The van der Waals surface area contributed by atoms with Gasteiger partial charge < -0.3 is 0 Å². The van der Waals surface area contributed by atoms with Gasteiger partial charge in [-0.25, -0.2) is 9.97 Å². The number of halogens is 8. The van der Waals surface area contributed by atoms with Crippen molar-refractivity contribution in [3.8, 4) is 0 Å². The summed E-state index contributed by atoms with van der Waals surface area (Å²) < 4.78 is 3.87. The van der Waals surface area contributed by atoms with Crippen molar-refractivity contribution in [2.45, 2.75) is 41.5 Å². The van der Waals surface area contributed by atoms with E-state index in [0.717, 1.165) is 86.3 Å². The first-order valence-corrected chi connectivity index (χ1v) is 26.8. The molecule has 0 spiro atoms. The molecule has 0 aliphatic heterocycles. The van der Waals surface area contributed by atoms with E-state index in [9.17, 15) is 0 Å². The van der Waals surface area contributed by atoms with Crippen LogP contribution in [0.2, 0.25) is 0 Å². The second-order valence-corrected chi connectivity index (χ2v) is 19.6. The average Bonchev–Trinajstić information content (AvgIpc) is 3.22. The molecule has 4 aromatic carbocycles. The van der Waals surface area contributed by atoms with Gasteiger partial charge >= 0.3 is 66.7 Å². The number of aromatic nitrogens is 2. The third-order valence-corrected chi connectivity index (χ3v) is 10.7. The van der Waals surface area contributed by atoms with Gasteiger partial charge in [0, 0.05) is 17.9 Å². The van der Waals surface area contributed by atoms with E-state index < -0.39 is 0 Å². The zero-order valence-corrected chi connectivity index (χ0v) is 44.5. The van der Waals surface area contributed by atoms with Crippen molar-refractivity contribution >= 4 is 150 Å². The summed E-state index contributed by atoms with van der Waals surface area (Å²) in [4.78, 5) is 28.3. The third-order valence-electron chi connectivity index (χ3n) is 8.04. The van der Waals surface area contributed by atoms with Crippen LogP contribution in [0.15, 0.2) is 159 Å². The Hall–Kier alpha value is -2.02. The fourth-order valence-corrected chi connectivity index (χ4v) is 7.03. The van der Waals surface area contributed by atoms with Crippen LogP contribution in [0, 0.1) is 13.8 Å². The van der Waals surface area contributed by atoms with Gasteiger partial charge in [0.2, 0.25) is 0 Å². The molecule has 6 nitrogen and oxygen atoms in total. The molecule has 0 unspecified atom stereocenters. The molecule has 60 heavy (non-hydrogen) atoms. The fraction of sp³-hybridized carbons (Fsp3) is 0.136. The number of benzene rings is 4. The van der Waals surface area contributed by atoms with E-state index in [0.29, 0.717) is 0 Å².